The smallest absolute Gasteiger partial charge is 0.146 e. The van der Waals surface area contributed by atoms with Crippen LogP contribution in [-0.4, -0.2) is 46.2 Å². The second-order valence-corrected chi connectivity index (χ2v) is 9.76. The first-order valence-corrected chi connectivity index (χ1v) is 12.6. The topological polar surface area (TPSA) is 72.4 Å². The number of benzene rings is 1. The van der Waals surface area contributed by atoms with Gasteiger partial charge in [-0.2, -0.15) is 0 Å². The van der Waals surface area contributed by atoms with E-state index in [1.807, 2.05) is 47.7 Å². The lowest BCUT2D eigenvalue weighted by atomic mass is 10.2. The molecule has 1 aliphatic heterocycles. The van der Waals surface area contributed by atoms with E-state index in [-0.39, 0.29) is 0 Å². The molecule has 0 spiro atoms. The molecule has 2 aliphatic rings. The third-order valence-electron chi connectivity index (χ3n) is 6.29. The average Bonchev–Trinajstić information content (AvgIpc) is 3.45. The van der Waals surface area contributed by atoms with E-state index in [4.69, 9.17) is 19.4 Å². The molecule has 1 aromatic carbocycles. The first-order valence-electron chi connectivity index (χ1n) is 11.8. The third-order valence-corrected chi connectivity index (χ3v) is 7.48. The lowest BCUT2D eigenvalue weighted by Crippen LogP contribution is -2.36. The number of nitrogens with one attached hydrogen (secondary N) is 1. The number of hydrogen-bond acceptors (Lipinski definition) is 8. The normalized spacial score (nSPS) is 16.0. The molecule has 3 aromatic heterocycles. The fraction of sp³-hybridized carbons (Fsp3) is 0.346. The molecule has 0 amide bonds. The molecule has 174 valence electrons. The first kappa shape index (κ1) is 21.5. The second-order valence-electron chi connectivity index (χ2n) is 8.68. The molecule has 0 saturated carbocycles. The summed E-state index contributed by atoms with van der Waals surface area (Å²) in [6.07, 6.45) is 5.24. The van der Waals surface area contributed by atoms with Crippen molar-refractivity contribution in [2.24, 2.45) is 0 Å². The van der Waals surface area contributed by atoms with Gasteiger partial charge in [-0.15, -0.1) is 11.3 Å². The summed E-state index contributed by atoms with van der Waals surface area (Å²) in [5, 5.41) is 4.78. The van der Waals surface area contributed by atoms with Crippen molar-refractivity contribution < 1.29 is 9.47 Å². The van der Waals surface area contributed by atoms with Crippen LogP contribution in [0.25, 0.3) is 10.2 Å². The average molecular weight is 474 g/mol. The zero-order valence-electron chi connectivity index (χ0n) is 19.0. The Morgan fingerprint density at radius 2 is 2.00 bits per heavy atom. The molecule has 34 heavy (non-hydrogen) atoms. The summed E-state index contributed by atoms with van der Waals surface area (Å²) in [5.41, 5.74) is 3.27. The largest absolute Gasteiger partial charge is 0.487 e. The zero-order chi connectivity index (χ0) is 22.7. The van der Waals surface area contributed by atoms with Crippen molar-refractivity contribution in [2.75, 3.05) is 31.6 Å². The van der Waals surface area contributed by atoms with Gasteiger partial charge in [-0.05, 0) is 49.1 Å². The van der Waals surface area contributed by atoms with E-state index in [1.165, 1.54) is 22.2 Å². The van der Waals surface area contributed by atoms with Gasteiger partial charge in [-0.25, -0.2) is 9.97 Å². The van der Waals surface area contributed by atoms with Gasteiger partial charge in [0, 0.05) is 35.9 Å². The molecule has 0 atom stereocenters. The number of fused-ring (bicyclic) bond motifs is 3. The number of anilines is 2. The van der Waals surface area contributed by atoms with E-state index in [1.54, 1.807) is 6.20 Å². The van der Waals surface area contributed by atoms with Crippen LogP contribution in [0.1, 0.15) is 28.4 Å². The van der Waals surface area contributed by atoms with Crippen LogP contribution < -0.4 is 10.1 Å². The van der Waals surface area contributed by atoms with Crippen LogP contribution in [0.3, 0.4) is 0 Å². The van der Waals surface area contributed by atoms with Crippen LogP contribution in [0.2, 0.25) is 0 Å². The fourth-order valence-corrected chi connectivity index (χ4v) is 5.88. The van der Waals surface area contributed by atoms with E-state index in [0.717, 1.165) is 79.3 Å². The fourth-order valence-electron chi connectivity index (χ4n) is 4.60. The predicted octanol–water partition coefficient (Wildman–Crippen LogP) is 4.73. The Hall–Kier alpha value is -3.07. The number of aryl methyl sites for hydroxylation is 2. The van der Waals surface area contributed by atoms with Crippen molar-refractivity contribution >= 4 is 33.1 Å². The van der Waals surface area contributed by atoms with Gasteiger partial charge < -0.3 is 14.8 Å². The van der Waals surface area contributed by atoms with Gasteiger partial charge in [-0.3, -0.25) is 9.88 Å². The molecule has 1 aliphatic carbocycles. The summed E-state index contributed by atoms with van der Waals surface area (Å²) < 4.78 is 11.5. The van der Waals surface area contributed by atoms with Gasteiger partial charge in [0.15, 0.2) is 0 Å². The van der Waals surface area contributed by atoms with Crippen molar-refractivity contribution in [3.05, 3.63) is 70.6 Å². The van der Waals surface area contributed by atoms with Gasteiger partial charge >= 0.3 is 0 Å². The predicted molar refractivity (Wildman–Crippen MR) is 134 cm³/mol. The number of hydrogen-bond donors (Lipinski definition) is 1. The number of thiophene rings is 1. The van der Waals surface area contributed by atoms with Crippen molar-refractivity contribution in [3.63, 3.8) is 0 Å². The summed E-state index contributed by atoms with van der Waals surface area (Å²) in [6, 6.07) is 13.9. The van der Waals surface area contributed by atoms with Crippen LogP contribution >= 0.6 is 11.3 Å². The van der Waals surface area contributed by atoms with Crippen molar-refractivity contribution in [1.82, 2.24) is 19.9 Å². The Balaban J connectivity index is 1.28. The van der Waals surface area contributed by atoms with Crippen LogP contribution in [0.5, 0.6) is 5.75 Å². The van der Waals surface area contributed by atoms with Gasteiger partial charge in [-0.1, -0.05) is 12.1 Å². The number of aromatic nitrogens is 3. The van der Waals surface area contributed by atoms with Crippen molar-refractivity contribution in [1.29, 1.82) is 0 Å². The number of ether oxygens (including phenoxy) is 2. The Kier molecular flexibility index (Phi) is 6.10. The Morgan fingerprint density at radius 3 is 2.88 bits per heavy atom. The lowest BCUT2D eigenvalue weighted by molar-refractivity contribution is 0.0331. The number of pyridine rings is 1. The Labute approximate surface area is 202 Å². The van der Waals surface area contributed by atoms with E-state index in [9.17, 15) is 0 Å². The molecule has 7 nitrogen and oxygen atoms in total. The summed E-state index contributed by atoms with van der Waals surface area (Å²) in [6.45, 7) is 4.55. The third kappa shape index (κ3) is 4.61. The van der Waals surface area contributed by atoms with Crippen LogP contribution in [0.15, 0.2) is 48.7 Å². The maximum Gasteiger partial charge on any atom is 0.146 e. The molecular weight excluding hydrogens is 446 g/mol. The molecule has 1 N–H and O–H groups in total. The highest BCUT2D eigenvalue weighted by molar-refractivity contribution is 7.19. The van der Waals surface area contributed by atoms with Crippen molar-refractivity contribution in [3.8, 4) is 5.75 Å². The lowest BCUT2D eigenvalue weighted by Gasteiger charge is -2.25. The molecule has 1 saturated heterocycles. The first-order chi connectivity index (χ1) is 16.8. The van der Waals surface area contributed by atoms with E-state index >= 15 is 0 Å². The van der Waals surface area contributed by atoms with Gasteiger partial charge in [0.05, 0.1) is 30.8 Å². The Bertz CT molecular complexity index is 1290. The van der Waals surface area contributed by atoms with Crippen LogP contribution in [0.4, 0.5) is 11.5 Å². The van der Waals surface area contributed by atoms with Crippen LogP contribution in [0, 0.1) is 0 Å². The summed E-state index contributed by atoms with van der Waals surface area (Å²) in [4.78, 5) is 19.2. The summed E-state index contributed by atoms with van der Waals surface area (Å²) >= 11 is 1.83. The molecule has 4 aromatic rings. The van der Waals surface area contributed by atoms with Crippen LogP contribution in [-0.2, 0) is 30.7 Å². The summed E-state index contributed by atoms with van der Waals surface area (Å²) in [5.74, 6) is 2.55. The van der Waals surface area contributed by atoms with E-state index in [0.29, 0.717) is 6.61 Å². The van der Waals surface area contributed by atoms with E-state index < -0.39 is 0 Å². The quantitative estimate of drug-likeness (QED) is 0.416. The monoisotopic (exact) mass is 473 g/mol. The molecule has 1 fully saturated rings. The number of morpholine rings is 1. The minimum Gasteiger partial charge on any atom is -0.487 e. The van der Waals surface area contributed by atoms with Gasteiger partial charge in [0.1, 0.15) is 28.8 Å². The maximum atomic E-state index is 5.99. The number of rotatable bonds is 7. The molecule has 8 heteroatoms. The molecule has 0 bridgehead atoms. The molecule has 6 rings (SSSR count). The summed E-state index contributed by atoms with van der Waals surface area (Å²) in [7, 11) is 0. The highest BCUT2D eigenvalue weighted by Gasteiger charge is 2.23. The Morgan fingerprint density at radius 1 is 1.06 bits per heavy atom. The second kappa shape index (κ2) is 9.66. The molecular formula is C26H27N5O2S. The number of nitrogens with zero attached hydrogens (tertiary/aromatic N) is 4. The molecule has 0 radical (unpaired) electrons. The molecule has 0 unspecified atom stereocenters. The minimum absolute atomic E-state index is 0.434. The zero-order valence-corrected chi connectivity index (χ0v) is 19.8. The van der Waals surface area contributed by atoms with Crippen molar-refractivity contribution in [2.45, 2.75) is 32.4 Å². The maximum absolute atomic E-state index is 5.99. The highest BCUT2D eigenvalue weighted by Crippen LogP contribution is 2.40. The SMILES string of the molecule is c1ccc(COc2cccc(Nc3nc(CN4CCOCC4)nc4sc5c(c34)CCC5)c2)nc1. The van der Waals surface area contributed by atoms with Gasteiger partial charge in [0.2, 0.25) is 0 Å². The van der Waals surface area contributed by atoms with Gasteiger partial charge in [0.25, 0.3) is 0 Å². The molecule has 4 heterocycles. The standard InChI is InChI=1S/C26H27N5O2S/c1-2-10-27-19(5-1)17-33-20-7-3-6-18(15-20)28-25-24-21-8-4-9-22(21)34-26(24)30-23(29-25)16-31-11-13-32-14-12-31/h1-3,5-7,10,15H,4,8-9,11-14,16-17H2,(H,28,29,30). The van der Waals surface area contributed by atoms with E-state index in [2.05, 4.69) is 21.3 Å². The highest BCUT2D eigenvalue weighted by atomic mass is 32.1. The minimum atomic E-state index is 0.434.